The van der Waals surface area contributed by atoms with Gasteiger partial charge in [-0.1, -0.05) is 40.0 Å². The second kappa shape index (κ2) is 5.08. The van der Waals surface area contributed by atoms with Crippen LogP contribution in [0.25, 0.3) is 0 Å². The third-order valence-corrected chi connectivity index (χ3v) is 3.52. The summed E-state index contributed by atoms with van der Waals surface area (Å²) in [4.78, 5) is 0. The lowest BCUT2D eigenvalue weighted by Crippen LogP contribution is -2.47. The van der Waals surface area contributed by atoms with Gasteiger partial charge in [-0.15, -0.1) is 0 Å². The van der Waals surface area contributed by atoms with Gasteiger partial charge in [0.1, 0.15) is 0 Å². The minimum absolute atomic E-state index is 0.265. The Morgan fingerprint density at radius 1 is 1.12 bits per heavy atom. The highest BCUT2D eigenvalue weighted by Crippen LogP contribution is 2.32. The molecule has 0 saturated heterocycles. The smallest absolute Gasteiger partial charge is 0.0132 e. The molecule has 0 aromatic carbocycles. The minimum Gasteiger partial charge on any atom is -0.309 e. The highest BCUT2D eigenvalue weighted by atomic mass is 15.0. The molecule has 1 fully saturated rings. The maximum Gasteiger partial charge on any atom is 0.0132 e. The molecule has 0 aromatic heterocycles. The molecule has 0 amide bonds. The van der Waals surface area contributed by atoms with Crippen LogP contribution in [-0.2, 0) is 0 Å². The minimum atomic E-state index is 0.265. The largest absolute Gasteiger partial charge is 0.309 e. The molecule has 1 atom stereocenters. The van der Waals surface area contributed by atoms with E-state index < -0.39 is 0 Å². The standard InChI is InChI=1S/C15H31N/c1-12(10-13-8-7-9-13)16-15(5,6)11-14(2,3)4/h12-13,16H,7-11H2,1-6H3. The summed E-state index contributed by atoms with van der Waals surface area (Å²) in [5.74, 6) is 1.01. The normalized spacial score (nSPS) is 20.6. The molecule has 1 saturated carbocycles. The van der Waals surface area contributed by atoms with E-state index in [1.165, 1.54) is 32.1 Å². The molecule has 0 aliphatic heterocycles. The summed E-state index contributed by atoms with van der Waals surface area (Å²) in [6.45, 7) is 14.0. The summed E-state index contributed by atoms with van der Waals surface area (Å²) in [6, 6.07) is 0.669. The molecule has 1 rings (SSSR count). The molecule has 0 radical (unpaired) electrons. The predicted octanol–water partition coefficient (Wildman–Crippen LogP) is 4.37. The maximum absolute atomic E-state index is 3.81. The van der Waals surface area contributed by atoms with Gasteiger partial charge in [-0.3, -0.25) is 0 Å². The third kappa shape index (κ3) is 5.34. The van der Waals surface area contributed by atoms with E-state index in [1.807, 2.05) is 0 Å². The maximum atomic E-state index is 3.81. The van der Waals surface area contributed by atoms with Crippen molar-refractivity contribution in [3.8, 4) is 0 Å². The lowest BCUT2D eigenvalue weighted by Gasteiger charge is -2.38. The van der Waals surface area contributed by atoms with Gasteiger partial charge in [0, 0.05) is 11.6 Å². The fourth-order valence-corrected chi connectivity index (χ4v) is 3.33. The van der Waals surface area contributed by atoms with E-state index >= 15 is 0 Å². The van der Waals surface area contributed by atoms with Gasteiger partial charge in [0.15, 0.2) is 0 Å². The van der Waals surface area contributed by atoms with Gasteiger partial charge in [0.2, 0.25) is 0 Å². The van der Waals surface area contributed by atoms with Crippen molar-refractivity contribution in [2.45, 2.75) is 85.2 Å². The van der Waals surface area contributed by atoms with E-state index in [0.29, 0.717) is 11.5 Å². The Labute approximate surface area is 102 Å². The summed E-state index contributed by atoms with van der Waals surface area (Å²) in [5, 5.41) is 3.81. The molecule has 1 N–H and O–H groups in total. The van der Waals surface area contributed by atoms with Crippen molar-refractivity contribution in [1.82, 2.24) is 5.32 Å². The zero-order valence-electron chi connectivity index (χ0n) is 12.2. The first-order valence-electron chi connectivity index (χ1n) is 6.96. The monoisotopic (exact) mass is 225 g/mol. The van der Waals surface area contributed by atoms with Crippen molar-refractivity contribution in [1.29, 1.82) is 0 Å². The zero-order valence-corrected chi connectivity index (χ0v) is 12.2. The molecular weight excluding hydrogens is 194 g/mol. The van der Waals surface area contributed by atoms with Crippen LogP contribution in [0.2, 0.25) is 0 Å². The van der Waals surface area contributed by atoms with E-state index in [0.717, 1.165) is 5.92 Å². The lowest BCUT2D eigenvalue weighted by atomic mass is 9.79. The van der Waals surface area contributed by atoms with Crippen LogP contribution in [0.1, 0.15) is 73.6 Å². The van der Waals surface area contributed by atoms with Crippen molar-refractivity contribution in [3.05, 3.63) is 0 Å². The Bertz CT molecular complexity index is 208. The van der Waals surface area contributed by atoms with E-state index in [9.17, 15) is 0 Å². The van der Waals surface area contributed by atoms with E-state index in [1.54, 1.807) is 0 Å². The molecule has 1 aliphatic rings. The van der Waals surface area contributed by atoms with Crippen molar-refractivity contribution in [2.24, 2.45) is 11.3 Å². The van der Waals surface area contributed by atoms with Gasteiger partial charge in [0.25, 0.3) is 0 Å². The van der Waals surface area contributed by atoms with Crippen LogP contribution in [0.3, 0.4) is 0 Å². The number of hydrogen-bond acceptors (Lipinski definition) is 1. The molecular formula is C15H31N. The summed E-state index contributed by atoms with van der Waals surface area (Å²) in [7, 11) is 0. The quantitative estimate of drug-likeness (QED) is 0.732. The highest BCUT2D eigenvalue weighted by Gasteiger charge is 2.28. The van der Waals surface area contributed by atoms with Gasteiger partial charge in [-0.2, -0.15) is 0 Å². The van der Waals surface area contributed by atoms with Crippen LogP contribution in [0.5, 0.6) is 0 Å². The van der Waals surface area contributed by atoms with Gasteiger partial charge < -0.3 is 5.32 Å². The topological polar surface area (TPSA) is 12.0 Å². The predicted molar refractivity (Wildman–Crippen MR) is 72.7 cm³/mol. The number of rotatable bonds is 5. The van der Waals surface area contributed by atoms with Crippen molar-refractivity contribution in [3.63, 3.8) is 0 Å². The van der Waals surface area contributed by atoms with Crippen molar-refractivity contribution in [2.75, 3.05) is 0 Å². The van der Waals surface area contributed by atoms with Crippen LogP contribution >= 0.6 is 0 Å². The number of nitrogens with one attached hydrogen (secondary N) is 1. The van der Waals surface area contributed by atoms with E-state index in [-0.39, 0.29) is 5.54 Å². The van der Waals surface area contributed by atoms with Crippen LogP contribution in [0, 0.1) is 11.3 Å². The summed E-state index contributed by atoms with van der Waals surface area (Å²) in [5.41, 5.74) is 0.675. The second-order valence-electron chi connectivity index (χ2n) is 7.70. The molecule has 1 nitrogen and oxygen atoms in total. The Kier molecular flexibility index (Phi) is 4.45. The van der Waals surface area contributed by atoms with Crippen LogP contribution < -0.4 is 5.32 Å². The second-order valence-corrected chi connectivity index (χ2v) is 7.70. The first-order chi connectivity index (χ1) is 7.18. The molecule has 1 aliphatic carbocycles. The first kappa shape index (κ1) is 14.0. The molecule has 0 aromatic rings. The number of hydrogen-bond donors (Lipinski definition) is 1. The summed E-state index contributed by atoms with van der Waals surface area (Å²) in [6.07, 6.45) is 6.99. The molecule has 16 heavy (non-hydrogen) atoms. The van der Waals surface area contributed by atoms with Crippen molar-refractivity contribution < 1.29 is 0 Å². The first-order valence-corrected chi connectivity index (χ1v) is 6.96. The van der Waals surface area contributed by atoms with E-state index in [2.05, 4.69) is 46.9 Å². The molecule has 0 heterocycles. The molecule has 0 bridgehead atoms. The van der Waals surface area contributed by atoms with Crippen LogP contribution in [0.4, 0.5) is 0 Å². The average molecular weight is 225 g/mol. The fraction of sp³-hybridized carbons (Fsp3) is 1.00. The van der Waals surface area contributed by atoms with Crippen LogP contribution in [-0.4, -0.2) is 11.6 Å². The molecule has 1 unspecified atom stereocenters. The van der Waals surface area contributed by atoms with E-state index in [4.69, 9.17) is 0 Å². The summed E-state index contributed by atoms with van der Waals surface area (Å²) >= 11 is 0. The Balaban J connectivity index is 2.32. The molecule has 0 spiro atoms. The fourth-order valence-electron chi connectivity index (χ4n) is 3.33. The lowest BCUT2D eigenvalue weighted by molar-refractivity contribution is 0.197. The SMILES string of the molecule is CC(CC1CCC1)NC(C)(C)CC(C)(C)C. The Morgan fingerprint density at radius 3 is 2.06 bits per heavy atom. The Hall–Kier alpha value is -0.0400. The zero-order chi connectivity index (χ0) is 12.4. The third-order valence-electron chi connectivity index (χ3n) is 3.52. The van der Waals surface area contributed by atoms with Crippen LogP contribution in [0.15, 0.2) is 0 Å². The summed E-state index contributed by atoms with van der Waals surface area (Å²) < 4.78 is 0. The highest BCUT2D eigenvalue weighted by molar-refractivity contribution is 4.86. The Morgan fingerprint density at radius 2 is 1.69 bits per heavy atom. The van der Waals surface area contributed by atoms with Gasteiger partial charge in [0.05, 0.1) is 0 Å². The molecule has 96 valence electrons. The van der Waals surface area contributed by atoms with Gasteiger partial charge in [-0.25, -0.2) is 0 Å². The van der Waals surface area contributed by atoms with Gasteiger partial charge >= 0.3 is 0 Å². The van der Waals surface area contributed by atoms with Crippen molar-refractivity contribution >= 4 is 0 Å². The van der Waals surface area contributed by atoms with Gasteiger partial charge in [-0.05, 0) is 44.9 Å². The molecule has 1 heteroatoms. The average Bonchev–Trinajstić information content (AvgIpc) is 1.90.